The van der Waals surface area contributed by atoms with E-state index in [9.17, 15) is 0 Å². The van der Waals surface area contributed by atoms with Crippen LogP contribution in [0.25, 0.3) is 0 Å². The standard InChI is InChI=1S/C18H28N6/c1-15-9-8-10-16(20-12-7-5-4-6-11-19)17(15)21-22-18-23(2)13-14-24(18)3/h8-10,13-14H,4-7,11-12,19H2,1-3H3/p+1. The van der Waals surface area contributed by atoms with Gasteiger partial charge in [-0.1, -0.05) is 30.1 Å². The summed E-state index contributed by atoms with van der Waals surface area (Å²) in [4.78, 5) is 0. The third kappa shape index (κ3) is 4.89. The maximum atomic E-state index is 5.52. The van der Waals surface area contributed by atoms with Gasteiger partial charge in [0.1, 0.15) is 5.69 Å². The normalized spacial score (nSPS) is 11.3. The molecule has 0 radical (unpaired) electrons. The number of nitrogens with two attached hydrogens (primary N) is 1. The molecule has 0 aliphatic heterocycles. The molecule has 6 nitrogen and oxygen atoms in total. The summed E-state index contributed by atoms with van der Waals surface area (Å²) >= 11 is 0. The van der Waals surface area contributed by atoms with Crippen LogP contribution in [0.15, 0.2) is 40.8 Å². The first-order chi connectivity index (χ1) is 11.6. The number of imidazole rings is 1. The summed E-state index contributed by atoms with van der Waals surface area (Å²) in [5.74, 6) is 0.811. The minimum atomic E-state index is 0.784. The Morgan fingerprint density at radius 1 is 1.17 bits per heavy atom. The number of azo groups is 1. The number of aryl methyl sites for hydroxylation is 3. The molecule has 3 N–H and O–H groups in total. The molecule has 2 rings (SSSR count). The fourth-order valence-electron chi connectivity index (χ4n) is 2.60. The number of rotatable bonds is 9. The monoisotopic (exact) mass is 329 g/mol. The first-order valence-corrected chi connectivity index (χ1v) is 8.59. The number of aromatic nitrogens is 2. The zero-order valence-corrected chi connectivity index (χ0v) is 15.0. The number of benzene rings is 1. The van der Waals surface area contributed by atoms with Crippen LogP contribution in [-0.2, 0) is 14.1 Å². The van der Waals surface area contributed by atoms with Crippen molar-refractivity contribution < 1.29 is 4.57 Å². The predicted molar refractivity (Wildman–Crippen MR) is 98.0 cm³/mol. The molecule has 0 aliphatic rings. The van der Waals surface area contributed by atoms with Crippen LogP contribution in [0.1, 0.15) is 31.2 Å². The molecule has 0 saturated carbocycles. The van der Waals surface area contributed by atoms with Gasteiger partial charge >= 0.3 is 5.95 Å². The first-order valence-electron chi connectivity index (χ1n) is 8.59. The van der Waals surface area contributed by atoms with E-state index in [4.69, 9.17) is 5.73 Å². The molecule has 6 heteroatoms. The average molecular weight is 329 g/mol. The van der Waals surface area contributed by atoms with E-state index < -0.39 is 0 Å². The van der Waals surface area contributed by atoms with Crippen molar-refractivity contribution in [2.24, 2.45) is 30.1 Å². The Labute approximate surface area is 144 Å². The molecule has 0 unspecified atom stereocenters. The van der Waals surface area contributed by atoms with Gasteiger partial charge in [0.25, 0.3) is 0 Å². The zero-order chi connectivity index (χ0) is 17.4. The van der Waals surface area contributed by atoms with Crippen LogP contribution in [0.4, 0.5) is 17.3 Å². The van der Waals surface area contributed by atoms with Crippen LogP contribution < -0.4 is 15.6 Å². The lowest BCUT2D eigenvalue weighted by Crippen LogP contribution is -2.25. The van der Waals surface area contributed by atoms with Crippen LogP contribution in [0.2, 0.25) is 0 Å². The van der Waals surface area contributed by atoms with E-state index in [2.05, 4.69) is 34.6 Å². The van der Waals surface area contributed by atoms with Gasteiger partial charge in [0.15, 0.2) is 0 Å². The van der Waals surface area contributed by atoms with Crippen molar-refractivity contribution in [3.05, 3.63) is 36.2 Å². The Bertz CT molecular complexity index is 655. The highest BCUT2D eigenvalue weighted by atomic mass is 15.3. The van der Waals surface area contributed by atoms with E-state index in [1.54, 1.807) is 0 Å². The third-order valence-electron chi connectivity index (χ3n) is 4.07. The predicted octanol–water partition coefficient (Wildman–Crippen LogP) is 3.50. The van der Waals surface area contributed by atoms with Gasteiger partial charge in [-0.3, -0.25) is 0 Å². The van der Waals surface area contributed by atoms with Crippen molar-refractivity contribution in [3.63, 3.8) is 0 Å². The molecule has 1 aromatic heterocycles. The second kappa shape index (κ2) is 9.17. The quantitative estimate of drug-likeness (QED) is 0.420. The summed E-state index contributed by atoms with van der Waals surface area (Å²) < 4.78 is 3.90. The molecule has 24 heavy (non-hydrogen) atoms. The van der Waals surface area contributed by atoms with E-state index >= 15 is 0 Å². The smallest absolute Gasteiger partial charge is 0.383 e. The molecule has 1 aromatic carbocycles. The van der Waals surface area contributed by atoms with Crippen molar-refractivity contribution >= 4 is 17.3 Å². The summed E-state index contributed by atoms with van der Waals surface area (Å²) in [6, 6.07) is 6.17. The zero-order valence-electron chi connectivity index (χ0n) is 15.0. The van der Waals surface area contributed by atoms with Gasteiger partial charge in [-0.25, -0.2) is 9.13 Å². The second-order valence-corrected chi connectivity index (χ2v) is 6.12. The fourth-order valence-corrected chi connectivity index (χ4v) is 2.60. The van der Waals surface area contributed by atoms with Crippen molar-refractivity contribution in [1.29, 1.82) is 0 Å². The van der Waals surface area contributed by atoms with Gasteiger partial charge in [-0.15, -0.1) is 0 Å². The van der Waals surface area contributed by atoms with Crippen LogP contribution in [0.5, 0.6) is 0 Å². The Kier molecular flexibility index (Phi) is 6.93. The van der Waals surface area contributed by atoms with Crippen molar-refractivity contribution in [2.75, 3.05) is 18.4 Å². The topological polar surface area (TPSA) is 71.6 Å². The number of hydrogen-bond acceptors (Lipinski definition) is 4. The van der Waals surface area contributed by atoms with E-state index in [1.807, 2.05) is 41.7 Å². The summed E-state index contributed by atoms with van der Waals surface area (Å²) in [7, 11) is 3.93. The number of anilines is 1. The SMILES string of the molecule is Cc1cccc(NCCCCCCN)c1/N=N/c1n(C)cc[n+]1C. The molecule has 0 spiro atoms. The highest BCUT2D eigenvalue weighted by Crippen LogP contribution is 2.30. The molecule has 0 fully saturated rings. The van der Waals surface area contributed by atoms with Crippen LogP contribution in [0.3, 0.4) is 0 Å². The molecule has 0 atom stereocenters. The van der Waals surface area contributed by atoms with Gasteiger partial charge in [-0.05, 0) is 37.9 Å². The Hall–Kier alpha value is -2.21. The van der Waals surface area contributed by atoms with Gasteiger partial charge in [0.05, 0.1) is 32.2 Å². The highest BCUT2D eigenvalue weighted by molar-refractivity contribution is 5.68. The molecule has 1 heterocycles. The number of nitrogens with one attached hydrogen (secondary N) is 1. The van der Waals surface area contributed by atoms with Crippen LogP contribution >= 0.6 is 0 Å². The maximum Gasteiger partial charge on any atom is 0.421 e. The molecule has 2 aromatic rings. The van der Waals surface area contributed by atoms with Gasteiger partial charge in [0.2, 0.25) is 0 Å². The fraction of sp³-hybridized carbons (Fsp3) is 0.500. The summed E-state index contributed by atoms with van der Waals surface area (Å²) in [5, 5.41) is 12.4. The number of nitrogens with zero attached hydrogens (tertiary/aromatic N) is 4. The van der Waals surface area contributed by atoms with Gasteiger partial charge in [0, 0.05) is 11.7 Å². The van der Waals surface area contributed by atoms with Gasteiger partial charge < -0.3 is 11.1 Å². The van der Waals surface area contributed by atoms with Crippen LogP contribution in [-0.4, -0.2) is 17.7 Å². The lowest BCUT2D eigenvalue weighted by molar-refractivity contribution is -0.657. The van der Waals surface area contributed by atoms with E-state index in [0.29, 0.717) is 0 Å². The molecule has 0 bridgehead atoms. The highest BCUT2D eigenvalue weighted by Gasteiger charge is 2.12. The largest absolute Gasteiger partial charge is 0.421 e. The summed E-state index contributed by atoms with van der Waals surface area (Å²) in [5.41, 5.74) is 8.58. The second-order valence-electron chi connectivity index (χ2n) is 6.12. The molecule has 0 amide bonds. The molecule has 0 saturated heterocycles. The molecular weight excluding hydrogens is 300 g/mol. The minimum Gasteiger partial charge on any atom is -0.383 e. The molecular formula is C18H29N6+. The van der Waals surface area contributed by atoms with Crippen molar-refractivity contribution in [2.45, 2.75) is 32.6 Å². The Balaban J connectivity index is 2.04. The maximum absolute atomic E-state index is 5.52. The third-order valence-corrected chi connectivity index (χ3v) is 4.07. The Morgan fingerprint density at radius 2 is 1.96 bits per heavy atom. The van der Waals surface area contributed by atoms with Crippen molar-refractivity contribution in [3.8, 4) is 0 Å². The summed E-state index contributed by atoms with van der Waals surface area (Å²) in [6.45, 7) is 3.78. The number of hydrogen-bond donors (Lipinski definition) is 2. The average Bonchev–Trinajstić information content (AvgIpc) is 2.89. The number of unbranched alkanes of at least 4 members (excludes halogenated alkanes) is 3. The van der Waals surface area contributed by atoms with Crippen LogP contribution in [0, 0.1) is 6.92 Å². The first kappa shape index (κ1) is 18.1. The Morgan fingerprint density at radius 3 is 2.67 bits per heavy atom. The lowest BCUT2D eigenvalue weighted by atomic mass is 10.1. The lowest BCUT2D eigenvalue weighted by Gasteiger charge is -2.09. The van der Waals surface area contributed by atoms with E-state index in [-0.39, 0.29) is 0 Å². The van der Waals surface area contributed by atoms with Gasteiger partial charge in [-0.2, -0.15) is 0 Å². The van der Waals surface area contributed by atoms with E-state index in [1.165, 1.54) is 12.8 Å². The summed E-state index contributed by atoms with van der Waals surface area (Å²) in [6.07, 6.45) is 8.57. The van der Waals surface area contributed by atoms with Crippen molar-refractivity contribution in [1.82, 2.24) is 4.57 Å². The molecule has 130 valence electrons. The molecule has 0 aliphatic carbocycles. The van der Waals surface area contributed by atoms with E-state index in [0.717, 1.165) is 48.8 Å². The minimum absolute atomic E-state index is 0.784.